The first kappa shape index (κ1) is 13.2. The number of alkyl halides is 1. The summed E-state index contributed by atoms with van der Waals surface area (Å²) in [7, 11) is 0. The first-order valence-corrected chi connectivity index (χ1v) is 8.40. The van der Waals surface area contributed by atoms with E-state index in [9.17, 15) is 0 Å². The molecule has 2 aromatic carbocycles. The predicted octanol–water partition coefficient (Wildman–Crippen LogP) is 5.95. The SMILES string of the molecule is CCCCCC(Br)c1ccc2c3c(cccc13)CC2. The maximum atomic E-state index is 3.91. The molecular weight excluding hydrogens is 296 g/mol. The van der Waals surface area contributed by atoms with Crippen LogP contribution in [0.15, 0.2) is 30.3 Å². The molecule has 0 radical (unpaired) electrons. The van der Waals surface area contributed by atoms with Crippen molar-refractivity contribution in [2.24, 2.45) is 0 Å². The maximum absolute atomic E-state index is 3.91. The third-order valence-electron chi connectivity index (χ3n) is 4.31. The summed E-state index contributed by atoms with van der Waals surface area (Å²) >= 11 is 3.91. The van der Waals surface area contributed by atoms with Gasteiger partial charge >= 0.3 is 0 Å². The van der Waals surface area contributed by atoms with E-state index in [2.05, 4.69) is 53.2 Å². The second-order valence-corrected chi connectivity index (χ2v) is 6.72. The predicted molar refractivity (Wildman–Crippen MR) is 87.2 cm³/mol. The summed E-state index contributed by atoms with van der Waals surface area (Å²) in [4.78, 5) is 0.504. The fourth-order valence-corrected chi connectivity index (χ4v) is 3.99. The molecule has 1 heteroatoms. The molecule has 0 bridgehead atoms. The van der Waals surface area contributed by atoms with E-state index in [1.807, 2.05) is 0 Å². The van der Waals surface area contributed by atoms with Crippen LogP contribution in [0.3, 0.4) is 0 Å². The van der Waals surface area contributed by atoms with E-state index in [1.165, 1.54) is 49.5 Å². The number of halogens is 1. The molecular formula is C18H21Br. The van der Waals surface area contributed by atoms with E-state index in [4.69, 9.17) is 0 Å². The minimum Gasteiger partial charge on any atom is -0.0839 e. The van der Waals surface area contributed by atoms with Crippen LogP contribution in [-0.2, 0) is 12.8 Å². The highest BCUT2D eigenvalue weighted by Gasteiger charge is 2.18. The molecule has 3 rings (SSSR count). The van der Waals surface area contributed by atoms with Crippen LogP contribution in [0.5, 0.6) is 0 Å². The molecule has 0 spiro atoms. The molecule has 0 saturated carbocycles. The second kappa shape index (κ2) is 5.66. The van der Waals surface area contributed by atoms with Gasteiger partial charge in [0, 0.05) is 4.83 Å². The average molecular weight is 317 g/mol. The molecule has 0 N–H and O–H groups in total. The Morgan fingerprint density at radius 1 is 1.05 bits per heavy atom. The zero-order valence-corrected chi connectivity index (χ0v) is 13.2. The monoisotopic (exact) mass is 316 g/mol. The largest absolute Gasteiger partial charge is 0.0839 e. The summed E-state index contributed by atoms with van der Waals surface area (Å²) in [5.74, 6) is 0. The highest BCUT2D eigenvalue weighted by molar-refractivity contribution is 9.09. The summed E-state index contributed by atoms with van der Waals surface area (Å²) < 4.78 is 0. The summed E-state index contributed by atoms with van der Waals surface area (Å²) in [5.41, 5.74) is 4.57. The summed E-state index contributed by atoms with van der Waals surface area (Å²) in [6.45, 7) is 2.27. The van der Waals surface area contributed by atoms with E-state index in [0.717, 1.165) is 0 Å². The van der Waals surface area contributed by atoms with Crippen LogP contribution in [0.1, 0.15) is 54.1 Å². The minimum atomic E-state index is 0.504. The lowest BCUT2D eigenvalue weighted by atomic mass is 9.96. The fraction of sp³-hybridized carbons (Fsp3) is 0.444. The quantitative estimate of drug-likeness (QED) is 0.472. The lowest BCUT2D eigenvalue weighted by molar-refractivity contribution is 0.665. The molecule has 2 aromatic rings. The van der Waals surface area contributed by atoms with Gasteiger partial charge in [-0.05, 0) is 46.7 Å². The van der Waals surface area contributed by atoms with Crippen molar-refractivity contribution in [1.29, 1.82) is 0 Å². The molecule has 0 fully saturated rings. The smallest absolute Gasteiger partial charge is 0.0401 e. The normalized spacial score (nSPS) is 15.1. The van der Waals surface area contributed by atoms with Crippen molar-refractivity contribution in [3.63, 3.8) is 0 Å². The van der Waals surface area contributed by atoms with Crippen LogP contribution in [-0.4, -0.2) is 0 Å². The fourth-order valence-electron chi connectivity index (χ4n) is 3.27. The first-order chi connectivity index (χ1) is 9.31. The van der Waals surface area contributed by atoms with E-state index in [1.54, 1.807) is 16.5 Å². The Labute approximate surface area is 124 Å². The van der Waals surface area contributed by atoms with Gasteiger partial charge in [-0.15, -0.1) is 0 Å². The number of unbranched alkanes of at least 4 members (excludes halogenated alkanes) is 2. The van der Waals surface area contributed by atoms with Gasteiger partial charge in [-0.25, -0.2) is 0 Å². The Hall–Kier alpha value is -0.820. The van der Waals surface area contributed by atoms with Crippen LogP contribution < -0.4 is 0 Å². The van der Waals surface area contributed by atoms with Gasteiger partial charge in [0.05, 0.1) is 0 Å². The summed E-state index contributed by atoms with van der Waals surface area (Å²) in [5, 5.41) is 3.02. The molecule has 0 aromatic heterocycles. The Kier molecular flexibility index (Phi) is 3.93. The van der Waals surface area contributed by atoms with Gasteiger partial charge in [0.25, 0.3) is 0 Å². The van der Waals surface area contributed by atoms with E-state index >= 15 is 0 Å². The Balaban J connectivity index is 1.96. The number of hydrogen-bond donors (Lipinski definition) is 0. The lowest BCUT2D eigenvalue weighted by Crippen LogP contribution is -1.93. The van der Waals surface area contributed by atoms with E-state index in [0.29, 0.717) is 4.83 Å². The second-order valence-electron chi connectivity index (χ2n) is 5.62. The van der Waals surface area contributed by atoms with Crippen LogP contribution >= 0.6 is 15.9 Å². The van der Waals surface area contributed by atoms with Crippen molar-refractivity contribution < 1.29 is 0 Å². The van der Waals surface area contributed by atoms with Crippen molar-refractivity contribution in [1.82, 2.24) is 0 Å². The van der Waals surface area contributed by atoms with Crippen molar-refractivity contribution in [2.45, 2.75) is 50.3 Å². The van der Waals surface area contributed by atoms with Gasteiger partial charge < -0.3 is 0 Å². The zero-order valence-electron chi connectivity index (χ0n) is 11.6. The number of hydrogen-bond acceptors (Lipinski definition) is 0. The van der Waals surface area contributed by atoms with Crippen molar-refractivity contribution in [3.05, 3.63) is 47.0 Å². The highest BCUT2D eigenvalue weighted by Crippen LogP contribution is 2.39. The average Bonchev–Trinajstić information content (AvgIpc) is 2.85. The Morgan fingerprint density at radius 2 is 1.84 bits per heavy atom. The number of aryl methyl sites for hydroxylation is 2. The molecule has 1 aliphatic carbocycles. The highest BCUT2D eigenvalue weighted by atomic mass is 79.9. The molecule has 0 aliphatic heterocycles. The van der Waals surface area contributed by atoms with E-state index in [-0.39, 0.29) is 0 Å². The lowest BCUT2D eigenvalue weighted by Gasteiger charge is -2.14. The Bertz CT molecular complexity index is 575. The van der Waals surface area contributed by atoms with Gasteiger partial charge in [0.15, 0.2) is 0 Å². The van der Waals surface area contributed by atoms with Gasteiger partial charge in [0.2, 0.25) is 0 Å². The standard InChI is InChI=1S/C18H21Br/c1-2-3-4-8-17(19)15-12-11-14-10-9-13-6-5-7-16(15)18(13)14/h5-7,11-12,17H,2-4,8-10H2,1H3. The molecule has 0 amide bonds. The zero-order chi connectivity index (χ0) is 13.2. The summed E-state index contributed by atoms with van der Waals surface area (Å²) in [6.07, 6.45) is 7.63. The van der Waals surface area contributed by atoms with Gasteiger partial charge in [-0.3, -0.25) is 0 Å². The molecule has 1 unspecified atom stereocenters. The van der Waals surface area contributed by atoms with Crippen LogP contribution in [0.2, 0.25) is 0 Å². The van der Waals surface area contributed by atoms with Crippen LogP contribution in [0, 0.1) is 0 Å². The van der Waals surface area contributed by atoms with E-state index < -0.39 is 0 Å². The molecule has 0 nitrogen and oxygen atoms in total. The van der Waals surface area contributed by atoms with Gasteiger partial charge in [-0.1, -0.05) is 72.4 Å². The van der Waals surface area contributed by atoms with Gasteiger partial charge in [-0.2, -0.15) is 0 Å². The molecule has 100 valence electrons. The van der Waals surface area contributed by atoms with Gasteiger partial charge in [0.1, 0.15) is 0 Å². The molecule has 0 heterocycles. The molecule has 19 heavy (non-hydrogen) atoms. The molecule has 1 atom stereocenters. The number of rotatable bonds is 5. The topological polar surface area (TPSA) is 0 Å². The molecule has 1 aliphatic rings. The van der Waals surface area contributed by atoms with Crippen LogP contribution in [0.25, 0.3) is 10.8 Å². The number of benzene rings is 2. The summed E-state index contributed by atoms with van der Waals surface area (Å²) in [6, 6.07) is 11.5. The van der Waals surface area contributed by atoms with Crippen molar-refractivity contribution in [2.75, 3.05) is 0 Å². The van der Waals surface area contributed by atoms with Crippen molar-refractivity contribution in [3.8, 4) is 0 Å². The minimum absolute atomic E-state index is 0.504. The van der Waals surface area contributed by atoms with Crippen molar-refractivity contribution >= 4 is 26.7 Å². The maximum Gasteiger partial charge on any atom is 0.0401 e. The van der Waals surface area contributed by atoms with Crippen LogP contribution in [0.4, 0.5) is 0 Å². The Morgan fingerprint density at radius 3 is 2.63 bits per heavy atom. The first-order valence-electron chi connectivity index (χ1n) is 7.48. The molecule has 0 saturated heterocycles. The third kappa shape index (κ3) is 2.45. The third-order valence-corrected chi connectivity index (χ3v) is 5.26.